The Kier molecular flexibility index (Phi) is 17.4. The molecule has 10 heteroatoms. The van der Waals surface area contributed by atoms with Crippen LogP contribution < -0.4 is 5.32 Å². The highest BCUT2D eigenvalue weighted by atomic mass is 32.2. The van der Waals surface area contributed by atoms with Gasteiger partial charge in [-0.1, -0.05) is 91.2 Å². The van der Waals surface area contributed by atoms with Gasteiger partial charge in [-0.05, 0) is 66.2 Å². The third-order valence-electron chi connectivity index (χ3n) is 7.16. The highest BCUT2D eigenvalue weighted by molar-refractivity contribution is 7.90. The molecule has 0 saturated heterocycles. The van der Waals surface area contributed by atoms with E-state index < -0.39 is 21.9 Å². The van der Waals surface area contributed by atoms with Gasteiger partial charge >= 0.3 is 6.09 Å². The number of carbonyl (C=O) groups excluding carboxylic acids is 1. The maximum Gasteiger partial charge on any atom is 0.407 e. The average molecular weight is 567 g/mol. The molecule has 9 nitrogen and oxygen atoms in total. The van der Waals surface area contributed by atoms with Gasteiger partial charge in [0.2, 0.25) is 10.0 Å². The Hall–Kier alpha value is -2.45. The monoisotopic (exact) mass is 566 g/mol. The average Bonchev–Trinajstić information content (AvgIpc) is 2.89. The van der Waals surface area contributed by atoms with Crippen LogP contribution in [0.25, 0.3) is 10.4 Å². The summed E-state index contributed by atoms with van der Waals surface area (Å²) in [6.07, 6.45) is 13.4. The standard InChI is InChI=1S/C29H50N4O5S/c1-5-7-9-11-15-23(3)26-21-25(22-27(28(26)34)24(4)16-12-10-8-6-2)17-13-14-19-38-29(35)31-18-20-39(36,37)33-32-30/h21-24,34H,5-20H2,1-4H3,(H,31,35). The van der Waals surface area contributed by atoms with Crippen molar-refractivity contribution in [3.05, 3.63) is 39.3 Å². The zero-order chi connectivity index (χ0) is 29.1. The van der Waals surface area contributed by atoms with Crippen molar-refractivity contribution < 1.29 is 23.1 Å². The van der Waals surface area contributed by atoms with Gasteiger partial charge in [0.05, 0.1) is 12.4 Å². The number of amides is 1. The molecule has 222 valence electrons. The number of nitrogens with zero attached hydrogens (tertiary/aromatic N) is 3. The minimum absolute atomic E-state index is 0.188. The molecule has 1 aromatic rings. The van der Waals surface area contributed by atoms with Crippen LogP contribution >= 0.6 is 0 Å². The predicted molar refractivity (Wildman–Crippen MR) is 158 cm³/mol. The number of carbonyl (C=O) groups is 1. The second-order valence-corrected chi connectivity index (χ2v) is 12.3. The van der Waals surface area contributed by atoms with Gasteiger partial charge in [-0.2, -0.15) is 0 Å². The van der Waals surface area contributed by atoms with Crippen molar-refractivity contribution >= 4 is 16.1 Å². The van der Waals surface area contributed by atoms with Gasteiger partial charge in [0, 0.05) is 16.0 Å². The van der Waals surface area contributed by atoms with Crippen molar-refractivity contribution in [1.29, 1.82) is 0 Å². The van der Waals surface area contributed by atoms with Crippen LogP contribution in [0.2, 0.25) is 0 Å². The number of rotatable bonds is 21. The summed E-state index contributed by atoms with van der Waals surface area (Å²) in [7, 11) is -3.91. The lowest BCUT2D eigenvalue weighted by atomic mass is 9.85. The van der Waals surface area contributed by atoms with E-state index in [0.29, 0.717) is 24.0 Å². The van der Waals surface area contributed by atoms with E-state index >= 15 is 0 Å². The molecule has 0 fully saturated rings. The minimum Gasteiger partial charge on any atom is -0.507 e. The summed E-state index contributed by atoms with van der Waals surface area (Å²) in [6, 6.07) is 4.32. The van der Waals surface area contributed by atoms with Gasteiger partial charge in [-0.3, -0.25) is 0 Å². The number of ether oxygens (including phenoxy) is 1. The van der Waals surface area contributed by atoms with E-state index in [4.69, 9.17) is 10.3 Å². The van der Waals surface area contributed by atoms with E-state index in [9.17, 15) is 18.3 Å². The topological polar surface area (TPSA) is 141 Å². The molecule has 0 aliphatic carbocycles. The molecule has 1 aromatic carbocycles. The van der Waals surface area contributed by atoms with Crippen molar-refractivity contribution in [3.8, 4) is 5.75 Å². The summed E-state index contributed by atoms with van der Waals surface area (Å²) >= 11 is 0. The van der Waals surface area contributed by atoms with Gasteiger partial charge in [0.1, 0.15) is 5.75 Å². The summed E-state index contributed by atoms with van der Waals surface area (Å²) in [5.74, 6) is 0.573. The molecule has 2 atom stereocenters. The first-order valence-electron chi connectivity index (χ1n) is 14.7. The number of azide groups is 1. The Morgan fingerprint density at radius 3 is 2.05 bits per heavy atom. The van der Waals surface area contributed by atoms with Crippen molar-refractivity contribution in [2.45, 2.75) is 123 Å². The van der Waals surface area contributed by atoms with E-state index in [2.05, 4.69) is 54.6 Å². The molecular formula is C29H50N4O5S. The fourth-order valence-electron chi connectivity index (χ4n) is 4.73. The maximum absolute atomic E-state index is 11.8. The SMILES string of the molecule is CCCCCCC(C)c1cc(CCCCOC(=O)NCCS(=O)(=O)N=[N+]=[N-])cc(C(C)CCCCCC)c1O. The highest BCUT2D eigenvalue weighted by Crippen LogP contribution is 2.39. The number of phenolic OH excluding ortho intramolecular Hbond substituents is 1. The van der Waals surface area contributed by atoms with Crippen LogP contribution in [0.3, 0.4) is 0 Å². The molecule has 39 heavy (non-hydrogen) atoms. The number of sulfonamides is 1. The van der Waals surface area contributed by atoms with Gasteiger partial charge in [-0.15, -0.1) is 0 Å². The summed E-state index contributed by atoms with van der Waals surface area (Å²) in [4.78, 5) is 14.0. The van der Waals surface area contributed by atoms with Crippen molar-refractivity contribution in [3.63, 3.8) is 0 Å². The number of aromatic hydroxyl groups is 1. The zero-order valence-corrected chi connectivity index (χ0v) is 25.3. The molecule has 0 aliphatic heterocycles. The molecule has 1 amide bonds. The highest BCUT2D eigenvalue weighted by Gasteiger charge is 2.19. The predicted octanol–water partition coefficient (Wildman–Crippen LogP) is 8.23. The lowest BCUT2D eigenvalue weighted by Gasteiger charge is -2.21. The van der Waals surface area contributed by atoms with Crippen molar-refractivity contribution in [1.82, 2.24) is 5.32 Å². The summed E-state index contributed by atoms with van der Waals surface area (Å²) < 4.78 is 30.5. The number of phenols is 1. The summed E-state index contributed by atoms with van der Waals surface area (Å²) in [5.41, 5.74) is 11.5. The number of alkyl carbamates (subject to hydrolysis) is 1. The Balaban J connectivity index is 2.72. The quantitative estimate of drug-likeness (QED) is 0.0667. The third-order valence-corrected chi connectivity index (χ3v) is 8.20. The molecule has 0 aliphatic rings. The Labute approximate surface area is 235 Å². The Morgan fingerprint density at radius 2 is 1.54 bits per heavy atom. The fraction of sp³-hybridized carbons (Fsp3) is 0.759. The number of nitrogens with one attached hydrogen (secondary N) is 1. The van der Waals surface area contributed by atoms with E-state index in [1.807, 2.05) is 0 Å². The number of hydrogen-bond acceptors (Lipinski definition) is 5. The molecule has 0 bridgehead atoms. The van der Waals surface area contributed by atoms with Gasteiger partial charge in [0.15, 0.2) is 0 Å². The Bertz CT molecular complexity index is 970. The van der Waals surface area contributed by atoms with E-state index in [1.54, 1.807) is 0 Å². The van der Waals surface area contributed by atoms with Gasteiger partial charge < -0.3 is 15.2 Å². The second kappa shape index (κ2) is 19.6. The second-order valence-electron chi connectivity index (χ2n) is 10.6. The van der Waals surface area contributed by atoms with Crippen LogP contribution in [0.15, 0.2) is 16.7 Å². The Morgan fingerprint density at radius 1 is 0.974 bits per heavy atom. The summed E-state index contributed by atoms with van der Waals surface area (Å²) in [5, 5.41) is 13.6. The number of unbranched alkanes of at least 4 members (excludes halogenated alkanes) is 7. The van der Waals surface area contributed by atoms with Gasteiger partial charge in [0.25, 0.3) is 0 Å². The van der Waals surface area contributed by atoms with Crippen LogP contribution in [0.4, 0.5) is 4.79 Å². The molecule has 2 unspecified atom stereocenters. The van der Waals surface area contributed by atoms with E-state index in [-0.39, 0.29) is 13.2 Å². The number of aryl methyl sites for hydroxylation is 1. The first-order valence-corrected chi connectivity index (χ1v) is 16.3. The lowest BCUT2D eigenvalue weighted by Crippen LogP contribution is -2.29. The fourth-order valence-corrected chi connectivity index (χ4v) is 5.28. The summed E-state index contributed by atoms with van der Waals surface area (Å²) in [6.45, 7) is 8.88. The molecule has 0 radical (unpaired) electrons. The first-order chi connectivity index (χ1) is 18.6. The van der Waals surface area contributed by atoms with Crippen LogP contribution in [-0.2, 0) is 21.2 Å². The lowest BCUT2D eigenvalue weighted by molar-refractivity contribution is 0.145. The van der Waals surface area contributed by atoms with Crippen molar-refractivity contribution in [2.24, 2.45) is 4.52 Å². The van der Waals surface area contributed by atoms with Crippen LogP contribution in [0.1, 0.15) is 133 Å². The third kappa shape index (κ3) is 14.5. The molecule has 2 N–H and O–H groups in total. The number of benzene rings is 1. The smallest absolute Gasteiger partial charge is 0.407 e. The minimum atomic E-state index is -3.91. The molecule has 0 heterocycles. The molecule has 0 saturated carbocycles. The largest absolute Gasteiger partial charge is 0.507 e. The van der Waals surface area contributed by atoms with E-state index in [1.165, 1.54) is 44.1 Å². The molecule has 1 rings (SSSR count). The van der Waals surface area contributed by atoms with Crippen LogP contribution in [0, 0.1) is 0 Å². The van der Waals surface area contributed by atoms with Crippen LogP contribution in [-0.4, -0.2) is 38.5 Å². The van der Waals surface area contributed by atoms with Crippen molar-refractivity contribution in [2.75, 3.05) is 18.9 Å². The first kappa shape index (κ1) is 34.6. The van der Waals surface area contributed by atoms with Crippen LogP contribution in [0.5, 0.6) is 5.75 Å². The molecule has 0 spiro atoms. The van der Waals surface area contributed by atoms with Gasteiger partial charge in [-0.25, -0.2) is 13.2 Å². The van der Waals surface area contributed by atoms with E-state index in [0.717, 1.165) is 49.7 Å². The zero-order valence-electron chi connectivity index (χ0n) is 24.5. The molecular weight excluding hydrogens is 516 g/mol. The maximum atomic E-state index is 11.8. The molecule has 0 aromatic heterocycles. The normalized spacial score (nSPS) is 12.9. The number of hydrogen-bond donors (Lipinski definition) is 2.